The molecule has 0 radical (unpaired) electrons. The molecule has 0 spiro atoms. The van der Waals surface area contributed by atoms with Crippen LogP contribution in [0.3, 0.4) is 0 Å². The summed E-state index contributed by atoms with van der Waals surface area (Å²) in [5.41, 5.74) is -7.90. The van der Waals surface area contributed by atoms with Gasteiger partial charge in [0.1, 0.15) is 0 Å². The fourth-order valence-corrected chi connectivity index (χ4v) is 3.14. The highest BCUT2D eigenvalue weighted by Gasteiger charge is 2.93. The van der Waals surface area contributed by atoms with Crippen molar-refractivity contribution in [2.45, 2.75) is 41.5 Å². The molecule has 0 amide bonds. The van der Waals surface area contributed by atoms with Crippen molar-refractivity contribution in [1.82, 2.24) is 0 Å². The normalized spacial score (nSPS) is 29.3. The predicted molar refractivity (Wildman–Crippen MR) is 66.9 cm³/mol. The van der Waals surface area contributed by atoms with Gasteiger partial charge in [0, 0.05) is 11.1 Å². The molecule has 30 heavy (non-hydrogen) atoms. The third kappa shape index (κ3) is 2.10. The molecule has 2 saturated carbocycles. The summed E-state index contributed by atoms with van der Waals surface area (Å²) in [5.74, 6) is -47.5. The summed E-state index contributed by atoms with van der Waals surface area (Å²) in [7, 11) is 0. The zero-order valence-corrected chi connectivity index (χ0v) is 13.6. The van der Waals surface area contributed by atoms with Crippen LogP contribution in [-0.2, 0) is 0 Å². The molecule has 0 N–H and O–H groups in total. The maximum absolute atomic E-state index is 14.2. The van der Waals surface area contributed by atoms with Crippen LogP contribution in [0.1, 0.15) is 0 Å². The van der Waals surface area contributed by atoms with E-state index >= 15 is 0 Å². The Kier molecular flexibility index (Phi) is 4.13. The summed E-state index contributed by atoms with van der Waals surface area (Å²) >= 11 is 0. The van der Waals surface area contributed by atoms with E-state index in [-0.39, 0.29) is 12.4 Å². The molecule has 0 aliphatic heterocycles. The largest absolute Gasteiger partial charge is 0.377 e. The molecule has 3 rings (SSSR count). The van der Waals surface area contributed by atoms with Crippen LogP contribution in [0.5, 0.6) is 0 Å². The van der Waals surface area contributed by atoms with E-state index in [4.69, 9.17) is 0 Å². The maximum atomic E-state index is 14.2. The summed E-state index contributed by atoms with van der Waals surface area (Å²) in [6, 6.07) is -0.655. The molecule has 1 heterocycles. The van der Waals surface area contributed by atoms with Crippen molar-refractivity contribution in [3.05, 3.63) is 47.8 Å². The highest BCUT2D eigenvalue weighted by molar-refractivity contribution is 5.54. The molecule has 0 bridgehead atoms. The molecule has 1 nitrogen and oxygen atoms in total. The summed E-state index contributed by atoms with van der Waals surface area (Å²) in [4.78, 5) is 0. The number of hydrogen-bond donors (Lipinski definition) is 0. The van der Waals surface area contributed by atoms with Crippen LogP contribution in [0.4, 0.5) is 61.5 Å². The van der Waals surface area contributed by atoms with Crippen molar-refractivity contribution in [3.8, 4) is 0 Å². The van der Waals surface area contributed by atoms with Gasteiger partial charge in [-0.2, -0.15) is 43.9 Å². The minimum atomic E-state index is -7.07. The van der Waals surface area contributed by atoms with Gasteiger partial charge < -0.3 is 0 Å². The second kappa shape index (κ2) is 5.52. The highest BCUT2D eigenvalue weighted by atomic mass is 19.4. The topological polar surface area (TPSA) is 3.88 Å². The Labute approximate surface area is 156 Å². The van der Waals surface area contributed by atoms with Crippen LogP contribution in [0.25, 0.3) is 0 Å². The SMILES string of the molecule is FC1(F)C(=C2C(F)(F)C(F)(F)C(F)(F)C2(F)F)[C-]([n+]2ccccc2)C(F)(F)C1(F)F. The average Bonchev–Trinajstić information content (AvgIpc) is 2.73. The Hall–Kier alpha value is -2.22. The number of aromatic nitrogens is 1. The number of allylic oxidation sites excluding steroid dienone is 2. The molecular weight excluding hydrogens is 460 g/mol. The Balaban J connectivity index is 2.54. The number of nitrogens with zero attached hydrogens (tertiary/aromatic N) is 1. The van der Waals surface area contributed by atoms with E-state index in [0.717, 1.165) is 6.07 Å². The lowest BCUT2D eigenvalue weighted by Gasteiger charge is -2.27. The van der Waals surface area contributed by atoms with Crippen LogP contribution < -0.4 is 4.57 Å². The van der Waals surface area contributed by atoms with Crippen LogP contribution in [0, 0.1) is 6.04 Å². The zero-order chi connectivity index (χ0) is 23.3. The molecule has 0 unspecified atom stereocenters. The Morgan fingerprint density at radius 1 is 0.533 bits per heavy atom. The van der Waals surface area contributed by atoms with Gasteiger partial charge in [-0.25, -0.2) is 17.6 Å². The first-order valence-electron chi connectivity index (χ1n) is 7.47. The van der Waals surface area contributed by atoms with Gasteiger partial charge in [-0.1, -0.05) is 6.07 Å². The smallest absolute Gasteiger partial charge is 0.286 e. The fourth-order valence-electron chi connectivity index (χ4n) is 3.14. The monoisotopic (exact) mass is 465 g/mol. The van der Waals surface area contributed by atoms with E-state index < -0.39 is 63.2 Å². The van der Waals surface area contributed by atoms with E-state index in [1.54, 1.807) is 0 Å². The first-order chi connectivity index (χ1) is 13.2. The molecule has 168 valence electrons. The van der Waals surface area contributed by atoms with Gasteiger partial charge in [0.15, 0.2) is 6.04 Å². The Morgan fingerprint density at radius 3 is 1.33 bits per heavy atom. The molecule has 1 aromatic rings. The van der Waals surface area contributed by atoms with E-state index in [1.807, 2.05) is 0 Å². The van der Waals surface area contributed by atoms with Crippen LogP contribution in [0.15, 0.2) is 41.7 Å². The van der Waals surface area contributed by atoms with E-state index in [2.05, 4.69) is 0 Å². The van der Waals surface area contributed by atoms with Crippen LogP contribution in [-0.4, -0.2) is 41.5 Å². The lowest BCUT2D eigenvalue weighted by Crippen LogP contribution is -2.54. The first-order valence-corrected chi connectivity index (χ1v) is 7.47. The molecule has 0 saturated heterocycles. The van der Waals surface area contributed by atoms with Gasteiger partial charge in [-0.05, 0) is 12.1 Å². The van der Waals surface area contributed by atoms with Crippen LogP contribution >= 0.6 is 0 Å². The molecule has 2 aliphatic rings. The van der Waals surface area contributed by atoms with Gasteiger partial charge >= 0.3 is 41.5 Å². The minimum Gasteiger partial charge on any atom is -0.286 e. The van der Waals surface area contributed by atoms with Gasteiger partial charge in [-0.3, -0.25) is 4.57 Å². The quantitative estimate of drug-likeness (QED) is 0.308. The van der Waals surface area contributed by atoms with Gasteiger partial charge in [-0.15, -0.1) is 0 Å². The summed E-state index contributed by atoms with van der Waals surface area (Å²) < 4.78 is 193. The van der Waals surface area contributed by atoms with Crippen molar-refractivity contribution in [3.63, 3.8) is 0 Å². The molecule has 2 fully saturated rings. The maximum Gasteiger partial charge on any atom is 0.377 e. The van der Waals surface area contributed by atoms with Crippen molar-refractivity contribution >= 4 is 0 Å². The molecule has 2 aliphatic carbocycles. The number of hydrogen-bond acceptors (Lipinski definition) is 0. The van der Waals surface area contributed by atoms with Gasteiger partial charge in [0.2, 0.25) is 0 Å². The Bertz CT molecular complexity index is 873. The fraction of sp³-hybridized carbons (Fsp3) is 0.467. The molecule has 0 aromatic carbocycles. The van der Waals surface area contributed by atoms with E-state index in [1.165, 1.54) is 0 Å². The zero-order valence-electron chi connectivity index (χ0n) is 13.6. The third-order valence-electron chi connectivity index (χ3n) is 4.67. The summed E-state index contributed by atoms with van der Waals surface area (Å²) in [6.45, 7) is 0. The predicted octanol–water partition coefficient (Wildman–Crippen LogP) is 5.13. The number of halogens is 14. The molecule has 1 aromatic heterocycles. The summed E-state index contributed by atoms with van der Waals surface area (Å²) in [5, 5.41) is 0. The third-order valence-corrected chi connectivity index (χ3v) is 4.67. The second-order valence-electron chi connectivity index (χ2n) is 6.40. The number of pyridine rings is 1. The van der Waals surface area contributed by atoms with E-state index in [0.29, 0.717) is 12.1 Å². The Morgan fingerprint density at radius 2 is 0.933 bits per heavy atom. The van der Waals surface area contributed by atoms with Crippen molar-refractivity contribution in [2.24, 2.45) is 0 Å². The molecule has 15 heteroatoms. The summed E-state index contributed by atoms with van der Waals surface area (Å²) in [6.07, 6.45) is 0.478. The highest BCUT2D eigenvalue weighted by Crippen LogP contribution is 2.71. The average molecular weight is 465 g/mol. The number of rotatable bonds is 1. The molecular formula is C15H5F14N. The van der Waals surface area contributed by atoms with Crippen molar-refractivity contribution < 1.29 is 66.0 Å². The van der Waals surface area contributed by atoms with Crippen molar-refractivity contribution in [2.75, 3.05) is 0 Å². The first kappa shape index (κ1) is 22.5. The van der Waals surface area contributed by atoms with Gasteiger partial charge in [0.25, 0.3) is 0 Å². The lowest BCUT2D eigenvalue weighted by molar-refractivity contribution is -0.668. The lowest BCUT2D eigenvalue weighted by atomic mass is 9.95. The van der Waals surface area contributed by atoms with Crippen molar-refractivity contribution in [1.29, 1.82) is 0 Å². The van der Waals surface area contributed by atoms with Crippen LogP contribution in [0.2, 0.25) is 0 Å². The molecule has 0 atom stereocenters. The number of alkyl halides is 14. The second-order valence-corrected chi connectivity index (χ2v) is 6.40. The standard InChI is InChI=1S/C15H5F14N/c16-9(17)6(7-10(18,19)14(26,27)15(28,29)11(7,20)21)8(12(22,23)13(9,24)25)30-4-2-1-3-5-30/h1-5H. The van der Waals surface area contributed by atoms with Gasteiger partial charge in [0.05, 0.1) is 12.4 Å². The van der Waals surface area contributed by atoms with E-state index in [9.17, 15) is 61.5 Å². The minimum absolute atomic E-state index is 0.239.